The Kier molecular flexibility index (Phi) is 9.29. The Balaban J connectivity index is 0.00000338. The molecule has 0 spiro atoms. The second-order valence-corrected chi connectivity index (χ2v) is 6.33. The van der Waals surface area contributed by atoms with E-state index in [1.807, 2.05) is 30.3 Å². The van der Waals surface area contributed by atoms with Crippen LogP contribution in [0.3, 0.4) is 0 Å². The van der Waals surface area contributed by atoms with Crippen LogP contribution in [0.5, 0.6) is 0 Å². The molecule has 3 N–H and O–H groups in total. The molecule has 7 nitrogen and oxygen atoms in total. The molecule has 1 aromatic rings. The van der Waals surface area contributed by atoms with Crippen molar-refractivity contribution < 1.29 is 55.6 Å². The fraction of sp³-hybridized carbons (Fsp3) is 0.500. The van der Waals surface area contributed by atoms with Crippen molar-refractivity contribution in [2.75, 3.05) is 6.54 Å². The van der Waals surface area contributed by atoms with E-state index in [0.29, 0.717) is 32.2 Å². The number of carboxylic acid groups (broad SMARTS) is 2. The van der Waals surface area contributed by atoms with Crippen LogP contribution >= 0.6 is 0 Å². The minimum Gasteiger partial charge on any atom is -1.00 e. The molecular weight excluding hydrogens is 347 g/mol. The van der Waals surface area contributed by atoms with Gasteiger partial charge in [-0.2, -0.15) is 0 Å². The minimum absolute atomic E-state index is 0. The number of carbonyl (C=O) groups excluding carboxylic acids is 1. The molecule has 26 heavy (non-hydrogen) atoms. The van der Waals surface area contributed by atoms with Crippen LogP contribution in [0, 0.1) is 0 Å². The van der Waals surface area contributed by atoms with Gasteiger partial charge in [0.05, 0.1) is 6.04 Å². The summed E-state index contributed by atoms with van der Waals surface area (Å²) in [7, 11) is 0. The first-order valence-electron chi connectivity index (χ1n) is 8.46. The topological polar surface area (TPSA) is 107 Å². The van der Waals surface area contributed by atoms with Crippen molar-refractivity contribution in [3.63, 3.8) is 0 Å². The molecule has 1 aromatic carbocycles. The predicted molar refractivity (Wildman–Crippen MR) is 92.3 cm³/mol. The Labute approximate surface area is 176 Å². The van der Waals surface area contributed by atoms with Gasteiger partial charge >= 0.3 is 41.5 Å². The Morgan fingerprint density at radius 1 is 1.27 bits per heavy atom. The first-order chi connectivity index (χ1) is 11.9. The molecule has 1 fully saturated rings. The van der Waals surface area contributed by atoms with Gasteiger partial charge in [-0.15, -0.1) is 0 Å². The monoisotopic (exact) mass is 372 g/mol. The average Bonchev–Trinajstić information content (AvgIpc) is 3.08. The fourth-order valence-electron chi connectivity index (χ4n) is 3.14. The summed E-state index contributed by atoms with van der Waals surface area (Å²) in [5.74, 6) is -2.40. The van der Waals surface area contributed by atoms with Gasteiger partial charge in [-0.1, -0.05) is 30.3 Å². The van der Waals surface area contributed by atoms with Crippen LogP contribution < -0.4 is 34.9 Å². The van der Waals surface area contributed by atoms with Crippen LogP contribution in [0.4, 0.5) is 0 Å². The number of benzene rings is 1. The number of likely N-dealkylation sites (tertiary alicyclic amines) is 1. The summed E-state index contributed by atoms with van der Waals surface area (Å²) in [6.07, 6.45) is 2.00. The molecule has 1 amide bonds. The molecule has 3 atom stereocenters. The summed E-state index contributed by atoms with van der Waals surface area (Å²) in [4.78, 5) is 36.5. The van der Waals surface area contributed by atoms with E-state index in [1.165, 1.54) is 4.90 Å². The van der Waals surface area contributed by atoms with E-state index in [9.17, 15) is 24.6 Å². The van der Waals surface area contributed by atoms with Crippen LogP contribution in [0.2, 0.25) is 0 Å². The van der Waals surface area contributed by atoms with Gasteiger partial charge in [-0.25, -0.2) is 4.79 Å². The second kappa shape index (κ2) is 10.7. The first-order valence-corrected chi connectivity index (χ1v) is 8.46. The standard InChI is InChI=1S/C18H24N2O5.Na.H/c1-12(16(21)20-11-5-8-15(20)18(24)25)19-14(17(22)23)10-9-13-6-3-2-4-7-13;;/h2-4,6-7,12,14-15,19H,5,8-11H2,1H3,(H,22,23)(H,24,25);;/q;+1;-1/t12-,14-,15-;;/m0../s1. The smallest absolute Gasteiger partial charge is 1.00 e. The van der Waals surface area contributed by atoms with Crippen LogP contribution in [0.25, 0.3) is 0 Å². The molecule has 8 heteroatoms. The van der Waals surface area contributed by atoms with Crippen LogP contribution in [-0.4, -0.2) is 57.6 Å². The normalized spacial score (nSPS) is 18.7. The fourth-order valence-corrected chi connectivity index (χ4v) is 3.14. The van der Waals surface area contributed by atoms with Gasteiger partial charge in [-0.3, -0.25) is 14.9 Å². The van der Waals surface area contributed by atoms with Gasteiger partial charge in [0.1, 0.15) is 12.1 Å². The molecule has 1 heterocycles. The number of rotatable bonds is 8. The number of aliphatic carboxylic acids is 2. The van der Waals surface area contributed by atoms with Crippen LogP contribution in [-0.2, 0) is 20.8 Å². The molecule has 0 aliphatic carbocycles. The van der Waals surface area contributed by atoms with Gasteiger partial charge in [-0.05, 0) is 38.2 Å². The summed E-state index contributed by atoms with van der Waals surface area (Å²) in [5, 5.41) is 21.4. The van der Waals surface area contributed by atoms with E-state index in [1.54, 1.807) is 6.92 Å². The third-order valence-corrected chi connectivity index (χ3v) is 4.51. The van der Waals surface area contributed by atoms with Gasteiger partial charge in [0, 0.05) is 6.54 Å². The van der Waals surface area contributed by atoms with E-state index < -0.39 is 30.1 Å². The molecule has 0 bridgehead atoms. The maximum atomic E-state index is 12.5. The third-order valence-electron chi connectivity index (χ3n) is 4.51. The number of carbonyl (C=O) groups is 3. The molecular formula is C18H25N2NaO5. The maximum absolute atomic E-state index is 12.5. The molecule has 1 aliphatic heterocycles. The zero-order chi connectivity index (χ0) is 18.4. The quantitative estimate of drug-likeness (QED) is 0.467. The van der Waals surface area contributed by atoms with Gasteiger partial charge < -0.3 is 16.5 Å². The van der Waals surface area contributed by atoms with Crippen molar-refractivity contribution in [1.82, 2.24) is 10.2 Å². The summed E-state index contributed by atoms with van der Waals surface area (Å²) in [6.45, 7) is 1.97. The van der Waals surface area contributed by atoms with Crippen molar-refractivity contribution in [3.05, 3.63) is 35.9 Å². The first kappa shape index (κ1) is 22.6. The number of carboxylic acids is 2. The summed E-state index contributed by atoms with van der Waals surface area (Å²) in [5.41, 5.74) is 1.03. The molecule has 0 unspecified atom stereocenters. The minimum atomic E-state index is -1.02. The van der Waals surface area contributed by atoms with Crippen molar-refractivity contribution in [1.29, 1.82) is 0 Å². The molecule has 1 saturated heterocycles. The van der Waals surface area contributed by atoms with Gasteiger partial charge in [0.2, 0.25) is 5.91 Å². The number of nitrogens with one attached hydrogen (secondary N) is 1. The predicted octanol–water partition coefficient (Wildman–Crippen LogP) is -1.76. The summed E-state index contributed by atoms with van der Waals surface area (Å²) < 4.78 is 0. The number of aryl methyl sites for hydroxylation is 1. The van der Waals surface area contributed by atoms with E-state index in [4.69, 9.17) is 0 Å². The molecule has 2 rings (SSSR count). The van der Waals surface area contributed by atoms with E-state index in [2.05, 4.69) is 5.32 Å². The van der Waals surface area contributed by atoms with Gasteiger partial charge in [0.15, 0.2) is 0 Å². The number of nitrogens with zero attached hydrogens (tertiary/aromatic N) is 1. The zero-order valence-corrected chi connectivity index (χ0v) is 17.2. The second-order valence-electron chi connectivity index (χ2n) is 6.33. The maximum Gasteiger partial charge on any atom is 1.00 e. The Morgan fingerprint density at radius 3 is 2.50 bits per heavy atom. The van der Waals surface area contributed by atoms with E-state index in [0.717, 1.165) is 5.56 Å². The Bertz CT molecular complexity index is 631. The molecule has 0 saturated carbocycles. The largest absolute Gasteiger partial charge is 1.00 e. The van der Waals surface area contributed by atoms with Crippen LogP contribution in [0.1, 0.15) is 33.2 Å². The van der Waals surface area contributed by atoms with Crippen molar-refractivity contribution in [2.24, 2.45) is 0 Å². The van der Waals surface area contributed by atoms with Crippen molar-refractivity contribution in [3.8, 4) is 0 Å². The van der Waals surface area contributed by atoms with Gasteiger partial charge in [0.25, 0.3) is 0 Å². The average molecular weight is 372 g/mol. The van der Waals surface area contributed by atoms with Crippen molar-refractivity contribution >= 4 is 17.8 Å². The zero-order valence-electron chi connectivity index (χ0n) is 16.2. The number of hydrogen-bond donors (Lipinski definition) is 3. The van der Waals surface area contributed by atoms with Crippen molar-refractivity contribution in [2.45, 2.75) is 50.7 Å². The Morgan fingerprint density at radius 2 is 1.92 bits per heavy atom. The number of amides is 1. The molecule has 0 radical (unpaired) electrons. The summed E-state index contributed by atoms with van der Waals surface area (Å²) in [6, 6.07) is 7.09. The molecule has 1 aliphatic rings. The van der Waals surface area contributed by atoms with E-state index in [-0.39, 0.29) is 36.9 Å². The Hall–Kier alpha value is -1.41. The number of hydrogen-bond acceptors (Lipinski definition) is 4. The van der Waals surface area contributed by atoms with E-state index >= 15 is 0 Å². The SMILES string of the molecule is C[C@H](N[C@@H](CCc1ccccc1)C(=O)O)C(=O)N1CCC[C@H]1C(=O)O.[H-].[Na+]. The summed E-state index contributed by atoms with van der Waals surface area (Å²) >= 11 is 0. The third kappa shape index (κ3) is 6.09. The molecule has 138 valence electrons. The molecule has 0 aromatic heterocycles. The van der Waals surface area contributed by atoms with Crippen LogP contribution in [0.15, 0.2) is 30.3 Å².